The number of hydrogen-bond donors (Lipinski definition) is 0. The lowest BCUT2D eigenvalue weighted by Crippen LogP contribution is -2.33. The molecule has 6 nitrogen and oxygen atoms in total. The van der Waals surface area contributed by atoms with Gasteiger partial charge >= 0.3 is 0 Å². The van der Waals surface area contributed by atoms with Crippen LogP contribution in [0.1, 0.15) is 26.7 Å². The van der Waals surface area contributed by atoms with Crippen molar-refractivity contribution in [3.8, 4) is 17.2 Å². The SMILES string of the molecule is CCOc1ccc(S(=O)(=O)c2nc(-c3ccccc3F)oc2N2CCC(C)CC2)cc1. The van der Waals surface area contributed by atoms with E-state index in [1.807, 2.05) is 11.8 Å². The molecule has 1 aliphatic rings. The van der Waals surface area contributed by atoms with E-state index in [0.29, 0.717) is 31.4 Å². The fourth-order valence-electron chi connectivity index (χ4n) is 3.63. The lowest BCUT2D eigenvalue weighted by molar-refractivity contribution is 0.340. The molecule has 3 aromatic rings. The standard InChI is InChI=1S/C23H25FN2O4S/c1-3-29-17-8-10-18(11-9-17)31(27,28)22-23(26-14-12-16(2)13-15-26)30-21(25-22)19-6-4-5-7-20(19)24/h4-11,16H,3,12-15H2,1-2H3. The summed E-state index contributed by atoms with van der Waals surface area (Å²) >= 11 is 0. The second-order valence-electron chi connectivity index (χ2n) is 7.69. The van der Waals surface area contributed by atoms with Crippen molar-refractivity contribution in [2.45, 2.75) is 36.6 Å². The van der Waals surface area contributed by atoms with Crippen molar-refractivity contribution in [3.05, 3.63) is 54.3 Å². The maximum atomic E-state index is 14.4. The highest BCUT2D eigenvalue weighted by Crippen LogP contribution is 2.37. The second kappa shape index (κ2) is 8.70. The number of sulfone groups is 1. The van der Waals surface area contributed by atoms with Crippen LogP contribution in [-0.2, 0) is 9.84 Å². The third-order valence-corrected chi connectivity index (χ3v) is 7.12. The summed E-state index contributed by atoms with van der Waals surface area (Å²) in [6.07, 6.45) is 1.83. The molecule has 0 aliphatic carbocycles. The molecule has 0 saturated carbocycles. The molecule has 0 N–H and O–H groups in total. The van der Waals surface area contributed by atoms with Gasteiger partial charge in [0.05, 0.1) is 17.1 Å². The van der Waals surface area contributed by atoms with Gasteiger partial charge in [0, 0.05) is 13.1 Å². The molecule has 31 heavy (non-hydrogen) atoms. The Hall–Kier alpha value is -2.87. The Bertz CT molecular complexity index is 1150. The van der Waals surface area contributed by atoms with Crippen molar-refractivity contribution in [1.82, 2.24) is 4.98 Å². The van der Waals surface area contributed by atoms with Crippen LogP contribution in [0.3, 0.4) is 0 Å². The summed E-state index contributed by atoms with van der Waals surface area (Å²) in [5, 5.41) is -0.190. The third-order valence-electron chi connectivity index (χ3n) is 5.45. The van der Waals surface area contributed by atoms with Crippen molar-refractivity contribution in [3.63, 3.8) is 0 Å². The summed E-state index contributed by atoms with van der Waals surface area (Å²) in [7, 11) is -3.99. The van der Waals surface area contributed by atoms with Crippen molar-refractivity contribution >= 4 is 15.7 Å². The average molecular weight is 445 g/mol. The topological polar surface area (TPSA) is 72.6 Å². The summed E-state index contributed by atoms with van der Waals surface area (Å²) in [5.41, 5.74) is 0.127. The van der Waals surface area contributed by atoms with Gasteiger partial charge < -0.3 is 14.1 Å². The number of nitrogens with zero attached hydrogens (tertiary/aromatic N) is 2. The molecular formula is C23H25FN2O4S. The molecule has 1 aromatic heterocycles. The van der Waals surface area contributed by atoms with Crippen LogP contribution < -0.4 is 9.64 Å². The Balaban J connectivity index is 1.80. The van der Waals surface area contributed by atoms with Gasteiger partial charge in [-0.25, -0.2) is 12.8 Å². The summed E-state index contributed by atoms with van der Waals surface area (Å²) < 4.78 is 52.6. The smallest absolute Gasteiger partial charge is 0.236 e. The van der Waals surface area contributed by atoms with Gasteiger partial charge in [0.1, 0.15) is 11.6 Å². The largest absolute Gasteiger partial charge is 0.494 e. The van der Waals surface area contributed by atoms with Crippen molar-refractivity contribution in [2.75, 3.05) is 24.6 Å². The summed E-state index contributed by atoms with van der Waals surface area (Å²) in [6, 6.07) is 12.2. The first-order chi connectivity index (χ1) is 14.9. The Kier molecular flexibility index (Phi) is 6.00. The molecule has 0 atom stereocenters. The van der Waals surface area contributed by atoms with Crippen LogP contribution in [0.5, 0.6) is 5.75 Å². The van der Waals surface area contributed by atoms with E-state index in [1.165, 1.54) is 24.3 Å². The first-order valence-corrected chi connectivity index (χ1v) is 11.9. The van der Waals surface area contributed by atoms with Gasteiger partial charge in [-0.15, -0.1) is 0 Å². The lowest BCUT2D eigenvalue weighted by Gasteiger charge is -2.30. The fraction of sp³-hybridized carbons (Fsp3) is 0.348. The van der Waals surface area contributed by atoms with Crippen LogP contribution in [0.2, 0.25) is 0 Å². The molecule has 1 aliphatic heterocycles. The van der Waals surface area contributed by atoms with Gasteiger partial charge in [-0.1, -0.05) is 19.1 Å². The summed E-state index contributed by atoms with van der Waals surface area (Å²) in [5.74, 6) is 0.734. The van der Waals surface area contributed by atoms with Crippen molar-refractivity contribution < 1.29 is 22.0 Å². The fourth-order valence-corrected chi connectivity index (χ4v) is 4.95. The van der Waals surface area contributed by atoms with Crippen molar-refractivity contribution in [1.29, 1.82) is 0 Å². The number of piperidine rings is 1. The van der Waals surface area contributed by atoms with E-state index in [2.05, 4.69) is 11.9 Å². The first kappa shape index (κ1) is 21.4. The summed E-state index contributed by atoms with van der Waals surface area (Å²) in [4.78, 5) is 6.24. The zero-order chi connectivity index (χ0) is 22.0. The van der Waals surface area contributed by atoms with Crippen LogP contribution in [0.4, 0.5) is 10.3 Å². The van der Waals surface area contributed by atoms with Crippen molar-refractivity contribution in [2.24, 2.45) is 5.92 Å². The number of oxazole rings is 1. The quantitative estimate of drug-likeness (QED) is 0.536. The zero-order valence-corrected chi connectivity index (χ0v) is 18.4. The minimum Gasteiger partial charge on any atom is -0.494 e. The summed E-state index contributed by atoms with van der Waals surface area (Å²) in [6.45, 7) is 5.81. The lowest BCUT2D eigenvalue weighted by atomic mass is 9.99. The molecule has 164 valence electrons. The van der Waals surface area contributed by atoms with Gasteiger partial charge in [-0.2, -0.15) is 4.98 Å². The molecule has 0 amide bonds. The Labute approximate surface area is 181 Å². The van der Waals surface area contributed by atoms with E-state index in [9.17, 15) is 12.8 Å². The maximum absolute atomic E-state index is 14.4. The van der Waals surface area contributed by atoms with E-state index >= 15 is 0 Å². The molecule has 0 bridgehead atoms. The highest BCUT2D eigenvalue weighted by Gasteiger charge is 2.33. The molecular weight excluding hydrogens is 419 g/mol. The van der Waals surface area contributed by atoms with Crippen LogP contribution >= 0.6 is 0 Å². The first-order valence-electron chi connectivity index (χ1n) is 10.4. The predicted molar refractivity (Wildman–Crippen MR) is 116 cm³/mol. The average Bonchev–Trinajstić information content (AvgIpc) is 3.21. The van der Waals surface area contributed by atoms with E-state index < -0.39 is 15.7 Å². The van der Waals surface area contributed by atoms with Gasteiger partial charge in [-0.05, 0) is 62.1 Å². The number of ether oxygens (including phenoxy) is 1. The second-order valence-corrected chi connectivity index (χ2v) is 9.55. The van der Waals surface area contributed by atoms with Gasteiger partial charge in [0.15, 0.2) is 0 Å². The normalized spacial score (nSPS) is 15.3. The van der Waals surface area contributed by atoms with E-state index in [-0.39, 0.29) is 27.3 Å². The molecule has 0 radical (unpaired) electrons. The molecule has 0 unspecified atom stereocenters. The van der Waals surface area contributed by atoms with Crippen LogP contribution in [0.25, 0.3) is 11.5 Å². The maximum Gasteiger partial charge on any atom is 0.236 e. The monoisotopic (exact) mass is 444 g/mol. The molecule has 0 spiro atoms. The number of anilines is 1. The molecule has 4 rings (SSSR count). The number of aromatic nitrogens is 1. The molecule has 1 fully saturated rings. The minimum absolute atomic E-state index is 0.0452. The Morgan fingerprint density at radius 2 is 1.81 bits per heavy atom. The molecule has 2 aromatic carbocycles. The number of hydrogen-bond acceptors (Lipinski definition) is 6. The molecule has 2 heterocycles. The van der Waals surface area contributed by atoms with Gasteiger partial charge in [0.2, 0.25) is 26.6 Å². The Morgan fingerprint density at radius 3 is 2.45 bits per heavy atom. The van der Waals surface area contributed by atoms with Crippen LogP contribution in [0.15, 0.2) is 62.9 Å². The number of halogens is 1. The third kappa shape index (κ3) is 4.30. The minimum atomic E-state index is -3.99. The van der Waals surface area contributed by atoms with E-state index in [4.69, 9.17) is 9.15 Å². The zero-order valence-electron chi connectivity index (χ0n) is 17.5. The molecule has 8 heteroatoms. The van der Waals surface area contributed by atoms with Crippen LogP contribution in [-0.4, -0.2) is 33.1 Å². The van der Waals surface area contributed by atoms with Crippen LogP contribution in [0, 0.1) is 11.7 Å². The van der Waals surface area contributed by atoms with E-state index in [0.717, 1.165) is 12.8 Å². The highest BCUT2D eigenvalue weighted by atomic mass is 32.2. The number of rotatable bonds is 6. The van der Waals surface area contributed by atoms with E-state index in [1.54, 1.807) is 24.3 Å². The van der Waals surface area contributed by atoms with Gasteiger partial charge in [-0.3, -0.25) is 0 Å². The Morgan fingerprint density at radius 1 is 1.13 bits per heavy atom. The van der Waals surface area contributed by atoms with Gasteiger partial charge in [0.25, 0.3) is 0 Å². The predicted octanol–water partition coefficient (Wildman–Crippen LogP) is 4.95. The number of benzene rings is 2. The highest BCUT2D eigenvalue weighted by molar-refractivity contribution is 7.91. The molecule has 1 saturated heterocycles.